The highest BCUT2D eigenvalue weighted by Crippen LogP contribution is 2.62. The average molecular weight is 990 g/mol. The highest BCUT2D eigenvalue weighted by atomic mass is 19.1. The molecule has 6 aromatic rings. The van der Waals surface area contributed by atoms with Crippen LogP contribution in [0.15, 0.2) is 169 Å². The van der Waals surface area contributed by atoms with Crippen LogP contribution in [-0.4, -0.2) is 63.5 Å². The topological polar surface area (TPSA) is 162 Å². The number of nitrogens with zero attached hydrogens (tertiary/aromatic N) is 3. The number of nitro benzene ring substituents is 1. The maximum atomic E-state index is 15.4. The first kappa shape index (κ1) is 50.5. The molecule has 0 radical (unpaired) electrons. The van der Waals surface area contributed by atoms with Gasteiger partial charge < -0.3 is 34.0 Å². The Bertz CT molecular complexity index is 2940. The summed E-state index contributed by atoms with van der Waals surface area (Å²) in [6, 6.07) is 40.0. The zero-order valence-electron chi connectivity index (χ0n) is 40.6. The van der Waals surface area contributed by atoms with Crippen LogP contribution >= 0.6 is 0 Å². The van der Waals surface area contributed by atoms with Gasteiger partial charge in [0.25, 0.3) is 5.69 Å². The fourth-order valence-corrected chi connectivity index (χ4v) is 11.0. The number of oxime groups is 1. The van der Waals surface area contributed by atoms with Gasteiger partial charge in [0, 0.05) is 48.8 Å². The van der Waals surface area contributed by atoms with Gasteiger partial charge in [0.05, 0.1) is 29.7 Å². The zero-order chi connectivity index (χ0) is 50.7. The molecular formula is C59H60FN3O10. The van der Waals surface area contributed by atoms with Crippen molar-refractivity contribution in [3.8, 4) is 17.2 Å². The molecule has 0 aromatic heterocycles. The number of amides is 1. The minimum absolute atomic E-state index is 0.0146. The van der Waals surface area contributed by atoms with E-state index in [-0.39, 0.29) is 81.0 Å². The first-order valence-corrected chi connectivity index (χ1v) is 25.0. The van der Waals surface area contributed by atoms with Crippen molar-refractivity contribution in [2.75, 3.05) is 19.8 Å². The summed E-state index contributed by atoms with van der Waals surface area (Å²) in [7, 11) is 0. The Morgan fingerprint density at radius 3 is 2.33 bits per heavy atom. The van der Waals surface area contributed by atoms with Crippen LogP contribution in [0, 0.1) is 33.7 Å². The fraction of sp³-hybridized carbons (Fsp3) is 0.322. The second kappa shape index (κ2) is 23.4. The molecular weight excluding hydrogens is 930 g/mol. The molecule has 6 atom stereocenters. The highest BCUT2D eigenvalue weighted by molar-refractivity contribution is 6.03. The van der Waals surface area contributed by atoms with E-state index >= 15 is 4.79 Å². The number of nitro groups is 1. The number of rotatable bonds is 22. The van der Waals surface area contributed by atoms with E-state index in [4.69, 9.17) is 28.9 Å². The molecule has 1 aliphatic heterocycles. The van der Waals surface area contributed by atoms with Crippen molar-refractivity contribution in [2.45, 2.75) is 82.5 Å². The number of carbonyl (C=O) groups excluding carboxylic acids is 1. The number of aliphatic hydroxyl groups is 2. The molecule has 0 bridgehead atoms. The minimum Gasteiger partial charge on any atom is -0.489 e. The fourth-order valence-electron chi connectivity index (χ4n) is 11.0. The van der Waals surface area contributed by atoms with Crippen molar-refractivity contribution in [3.05, 3.63) is 202 Å². The van der Waals surface area contributed by atoms with E-state index in [1.54, 1.807) is 35.2 Å². The van der Waals surface area contributed by atoms with Gasteiger partial charge in [-0.1, -0.05) is 121 Å². The van der Waals surface area contributed by atoms with Crippen LogP contribution in [0.3, 0.4) is 0 Å². The summed E-state index contributed by atoms with van der Waals surface area (Å²) in [6.45, 7) is 4.34. The van der Waals surface area contributed by atoms with Crippen LogP contribution in [0.5, 0.6) is 17.2 Å². The van der Waals surface area contributed by atoms with Gasteiger partial charge in [-0.3, -0.25) is 15.0 Å². The Labute approximate surface area is 424 Å². The van der Waals surface area contributed by atoms with Crippen LogP contribution in [0.4, 0.5) is 14.9 Å². The molecule has 1 saturated carbocycles. The third kappa shape index (κ3) is 11.2. The number of carbonyl (C=O) groups is 1. The van der Waals surface area contributed by atoms with Crippen molar-refractivity contribution in [3.63, 3.8) is 0 Å². The van der Waals surface area contributed by atoms with Gasteiger partial charge in [-0.2, -0.15) is 0 Å². The van der Waals surface area contributed by atoms with Crippen molar-refractivity contribution in [1.82, 2.24) is 4.90 Å². The van der Waals surface area contributed by atoms with Gasteiger partial charge in [-0.05, 0) is 101 Å². The summed E-state index contributed by atoms with van der Waals surface area (Å²) in [4.78, 5) is 34.5. The van der Waals surface area contributed by atoms with E-state index in [2.05, 4.69) is 12.7 Å². The molecule has 9 rings (SSSR count). The summed E-state index contributed by atoms with van der Waals surface area (Å²) in [5.41, 5.74) is 4.22. The quantitative estimate of drug-likeness (QED) is 0.0290. The lowest BCUT2D eigenvalue weighted by atomic mass is 9.55. The molecule has 1 fully saturated rings. The molecule has 14 heteroatoms. The molecule has 2 N–H and O–H groups in total. The lowest BCUT2D eigenvalue weighted by Gasteiger charge is -2.59. The van der Waals surface area contributed by atoms with E-state index in [1.165, 1.54) is 30.3 Å². The summed E-state index contributed by atoms with van der Waals surface area (Å²) >= 11 is 0. The van der Waals surface area contributed by atoms with Crippen molar-refractivity contribution in [1.29, 1.82) is 0 Å². The molecule has 1 amide bonds. The van der Waals surface area contributed by atoms with Crippen molar-refractivity contribution in [2.24, 2.45) is 22.9 Å². The SMILES string of the molecule is C=CCO[C@@]12Oc3ccc(OCc4ccccc4F)cc3[C@H]3[C@H](CCCCO)[C@@H](CCCCO)C=C(C(=NOCc4ccccc4)C[C@@H]1N(Cc1cccc4ccccc14)C(=O)Oc1ccc([N+](=O)[O-])cc1)[C@H]32. The van der Waals surface area contributed by atoms with E-state index in [0.717, 1.165) is 45.9 Å². The molecule has 1 heterocycles. The number of non-ortho nitro benzene ring substituents is 1. The summed E-state index contributed by atoms with van der Waals surface area (Å²) in [5, 5.41) is 38.7. The standard InChI is InChI=1S/C59H60FN3O10/c1-2-33-70-59-55(62(37-43-21-14-20-41-17-6-8-22-48(41)43)58(66)72-46-27-25-45(26-28-46)63(67)68)36-53(61-71-38-40-15-4-3-5-16-40)50-34-42(18-10-12-31-64)49(23-11-13-32-65)56(57(50)59)51-35-47(29-30-54(51)73-59)69-39-44-19-7-9-24-52(44)60/h2-9,14-17,19-22,24-30,34-35,42,49,55-57,64-65H,1,10-13,18,23,31-33,36-39H2/t42-,49+,55-,56+,57+,59+/m0/s1. The molecule has 0 unspecified atom stereocenters. The number of fused-ring (bicyclic) bond motifs is 3. The van der Waals surface area contributed by atoms with Crippen LogP contribution in [-0.2, 0) is 29.3 Å². The largest absolute Gasteiger partial charge is 0.489 e. The van der Waals surface area contributed by atoms with E-state index in [9.17, 15) is 24.7 Å². The molecule has 378 valence electrons. The Morgan fingerprint density at radius 2 is 1.56 bits per heavy atom. The third-order valence-corrected chi connectivity index (χ3v) is 14.3. The van der Waals surface area contributed by atoms with E-state index < -0.39 is 28.8 Å². The number of unbranched alkanes of at least 4 members (excludes halogenated alkanes) is 2. The van der Waals surface area contributed by atoms with Crippen LogP contribution in [0.2, 0.25) is 0 Å². The summed E-state index contributed by atoms with van der Waals surface area (Å²) in [6.07, 6.45) is 7.35. The number of hydrogen-bond donors (Lipinski definition) is 2. The number of allylic oxidation sites excluding steroid dienone is 1. The Balaban J connectivity index is 1.25. The first-order chi connectivity index (χ1) is 35.7. The number of ether oxygens (including phenoxy) is 4. The minimum atomic E-state index is -1.64. The highest BCUT2D eigenvalue weighted by Gasteiger charge is 2.66. The number of aliphatic hydroxyl groups excluding tert-OH is 2. The van der Waals surface area contributed by atoms with Crippen LogP contribution in [0.25, 0.3) is 10.8 Å². The molecule has 0 spiro atoms. The molecule has 3 aliphatic rings. The number of hydrogen-bond acceptors (Lipinski definition) is 11. The Morgan fingerprint density at radius 1 is 0.849 bits per heavy atom. The molecule has 2 aliphatic carbocycles. The lowest BCUT2D eigenvalue weighted by Crippen LogP contribution is -2.70. The van der Waals surface area contributed by atoms with E-state index in [1.807, 2.05) is 84.9 Å². The monoisotopic (exact) mass is 989 g/mol. The van der Waals surface area contributed by atoms with Crippen molar-refractivity contribution < 1.29 is 48.1 Å². The van der Waals surface area contributed by atoms with Crippen LogP contribution in [0.1, 0.15) is 73.1 Å². The second-order valence-corrected chi connectivity index (χ2v) is 18.8. The summed E-state index contributed by atoms with van der Waals surface area (Å²) < 4.78 is 42.2. The first-order valence-electron chi connectivity index (χ1n) is 25.0. The average Bonchev–Trinajstić information content (AvgIpc) is 3.41. The second-order valence-electron chi connectivity index (χ2n) is 18.8. The molecule has 6 aromatic carbocycles. The van der Waals surface area contributed by atoms with Gasteiger partial charge in [-0.15, -0.1) is 6.58 Å². The molecule has 0 saturated heterocycles. The normalized spacial score (nSPS) is 21.3. The number of benzene rings is 6. The van der Waals surface area contributed by atoms with Gasteiger partial charge in [0.15, 0.2) is 0 Å². The molecule has 73 heavy (non-hydrogen) atoms. The Hall–Kier alpha value is -7.39. The lowest BCUT2D eigenvalue weighted by molar-refractivity contribution is -0.384. The van der Waals surface area contributed by atoms with E-state index in [0.29, 0.717) is 48.5 Å². The predicted octanol–water partition coefficient (Wildman–Crippen LogP) is 12.0. The van der Waals surface area contributed by atoms with Gasteiger partial charge in [0.2, 0.25) is 5.79 Å². The predicted molar refractivity (Wildman–Crippen MR) is 276 cm³/mol. The third-order valence-electron chi connectivity index (χ3n) is 14.3. The van der Waals surface area contributed by atoms with Gasteiger partial charge in [-0.25, -0.2) is 9.18 Å². The number of halogens is 1. The Kier molecular flexibility index (Phi) is 16.2. The van der Waals surface area contributed by atoms with Crippen molar-refractivity contribution >= 4 is 28.3 Å². The smallest absolute Gasteiger partial charge is 0.416 e. The zero-order valence-corrected chi connectivity index (χ0v) is 40.6. The molecule has 13 nitrogen and oxygen atoms in total. The maximum absolute atomic E-state index is 15.4. The van der Waals surface area contributed by atoms with Gasteiger partial charge in [0.1, 0.15) is 42.3 Å². The summed E-state index contributed by atoms with van der Waals surface area (Å²) in [5.74, 6) is -2.07. The van der Waals surface area contributed by atoms with Gasteiger partial charge >= 0.3 is 6.09 Å². The van der Waals surface area contributed by atoms with Crippen LogP contribution < -0.4 is 14.2 Å². The maximum Gasteiger partial charge on any atom is 0.416 e.